The van der Waals surface area contributed by atoms with Gasteiger partial charge in [-0.15, -0.1) is 0 Å². The quantitative estimate of drug-likeness (QED) is 0.429. The van der Waals surface area contributed by atoms with Crippen molar-refractivity contribution in [3.63, 3.8) is 0 Å². The highest BCUT2D eigenvalue weighted by molar-refractivity contribution is 5.79. The van der Waals surface area contributed by atoms with Gasteiger partial charge in [0, 0.05) is 14.1 Å². The molecule has 5 N–H and O–H groups in total. The lowest BCUT2D eigenvalue weighted by Gasteiger charge is -2.18. The number of carbonyl (C=O) groups excluding carboxylic acids is 1. The van der Waals surface area contributed by atoms with Gasteiger partial charge in [0.2, 0.25) is 5.91 Å². The van der Waals surface area contributed by atoms with Crippen molar-refractivity contribution in [3.05, 3.63) is 27.2 Å². The molecule has 1 saturated heterocycles. The first-order chi connectivity index (χ1) is 11.7. The number of rotatable bonds is 3. The van der Waals surface area contributed by atoms with Crippen molar-refractivity contribution in [2.24, 2.45) is 19.8 Å². The van der Waals surface area contributed by atoms with Crippen molar-refractivity contribution in [1.82, 2.24) is 18.7 Å². The molecule has 12 heteroatoms. The van der Waals surface area contributed by atoms with Gasteiger partial charge in [-0.1, -0.05) is 0 Å². The largest absolute Gasteiger partial charge is 0.387 e. The lowest BCUT2D eigenvalue weighted by atomic mass is 10.1. The van der Waals surface area contributed by atoms with Crippen LogP contribution in [0.5, 0.6) is 0 Å². The Labute approximate surface area is 139 Å². The van der Waals surface area contributed by atoms with Crippen molar-refractivity contribution in [2.75, 3.05) is 0 Å². The zero-order valence-corrected chi connectivity index (χ0v) is 13.3. The Balaban J connectivity index is 2.13. The Kier molecular flexibility index (Phi) is 3.99. The molecule has 0 unspecified atom stereocenters. The van der Waals surface area contributed by atoms with Crippen LogP contribution < -0.4 is 17.0 Å². The molecule has 0 saturated carbocycles. The molecule has 136 valence electrons. The van der Waals surface area contributed by atoms with Crippen LogP contribution in [0.3, 0.4) is 0 Å². The molecule has 2 aromatic rings. The number of aryl methyl sites for hydroxylation is 1. The van der Waals surface area contributed by atoms with Crippen LogP contribution in [0, 0.1) is 0 Å². The minimum absolute atomic E-state index is 0.0462. The van der Waals surface area contributed by atoms with E-state index in [2.05, 4.69) is 4.98 Å². The first kappa shape index (κ1) is 17.3. The highest BCUT2D eigenvalue weighted by Crippen LogP contribution is 2.32. The first-order valence-electron chi connectivity index (χ1n) is 7.28. The molecule has 12 nitrogen and oxygen atoms in total. The van der Waals surface area contributed by atoms with E-state index in [-0.39, 0.29) is 11.2 Å². The molecular formula is C13H17N5O7. The van der Waals surface area contributed by atoms with E-state index in [4.69, 9.17) is 10.5 Å². The third-order valence-corrected chi connectivity index (χ3v) is 4.33. The molecule has 0 bridgehead atoms. The number of aliphatic hydroxyl groups is 3. The Morgan fingerprint density at radius 1 is 1.28 bits per heavy atom. The van der Waals surface area contributed by atoms with E-state index in [9.17, 15) is 29.7 Å². The number of hydrogen-bond acceptors (Lipinski definition) is 8. The van der Waals surface area contributed by atoms with Crippen molar-refractivity contribution >= 4 is 17.1 Å². The number of carbonyl (C=O) groups is 1. The Bertz CT molecular complexity index is 960. The molecule has 25 heavy (non-hydrogen) atoms. The fourth-order valence-corrected chi connectivity index (χ4v) is 2.90. The standard InChI is InChI=1S/C13H17N5O7/c1-16-10-4(11(23)17(2)13(16)24)18(3-15-10)12-6(20)5(19)8(25-12)7(21)9(14)22/h3,5-8,12,19-21H,1-2H3,(H2,14,22)/t5-,6-,7-,8+,12-/m0/s1. The molecule has 1 aliphatic rings. The third kappa shape index (κ3) is 2.38. The average molecular weight is 355 g/mol. The number of nitrogens with zero attached hydrogens (tertiary/aromatic N) is 4. The Morgan fingerprint density at radius 3 is 2.52 bits per heavy atom. The molecule has 0 aliphatic carbocycles. The van der Waals surface area contributed by atoms with Gasteiger partial charge in [0.1, 0.15) is 18.3 Å². The molecule has 0 spiro atoms. The summed E-state index contributed by atoms with van der Waals surface area (Å²) in [5.41, 5.74) is 3.73. The highest BCUT2D eigenvalue weighted by atomic mass is 16.6. The number of ether oxygens (including phenoxy) is 1. The van der Waals surface area contributed by atoms with Crippen LogP contribution in [-0.4, -0.2) is 64.3 Å². The summed E-state index contributed by atoms with van der Waals surface area (Å²) in [5.74, 6) is -1.13. The molecule has 3 heterocycles. The number of aromatic nitrogens is 4. The second kappa shape index (κ2) is 5.77. The summed E-state index contributed by atoms with van der Waals surface area (Å²) < 4.78 is 8.50. The van der Waals surface area contributed by atoms with Crippen LogP contribution in [0.15, 0.2) is 15.9 Å². The maximum atomic E-state index is 12.4. The molecule has 0 aromatic carbocycles. The lowest BCUT2D eigenvalue weighted by molar-refractivity contribution is -0.140. The summed E-state index contributed by atoms with van der Waals surface area (Å²) in [6, 6.07) is 0. The topological polar surface area (TPSA) is 175 Å². The molecule has 2 aromatic heterocycles. The number of amides is 1. The predicted molar refractivity (Wildman–Crippen MR) is 81.3 cm³/mol. The number of aliphatic hydroxyl groups excluding tert-OH is 3. The van der Waals surface area contributed by atoms with Gasteiger partial charge in [-0.2, -0.15) is 0 Å². The van der Waals surface area contributed by atoms with Gasteiger partial charge in [-0.3, -0.25) is 23.3 Å². The van der Waals surface area contributed by atoms with E-state index in [0.29, 0.717) is 0 Å². The van der Waals surface area contributed by atoms with Crippen molar-refractivity contribution in [3.8, 4) is 0 Å². The summed E-state index contributed by atoms with van der Waals surface area (Å²) in [5, 5.41) is 30.0. The van der Waals surface area contributed by atoms with Gasteiger partial charge < -0.3 is 25.8 Å². The number of hydrogen-bond donors (Lipinski definition) is 4. The smallest absolute Gasteiger partial charge is 0.332 e. The maximum Gasteiger partial charge on any atom is 0.332 e. The number of nitrogens with two attached hydrogens (primary N) is 1. The van der Waals surface area contributed by atoms with Crippen LogP contribution in [0.2, 0.25) is 0 Å². The van der Waals surface area contributed by atoms with Gasteiger partial charge in [0.15, 0.2) is 23.5 Å². The van der Waals surface area contributed by atoms with E-state index in [0.717, 1.165) is 20.0 Å². The normalized spacial score (nSPS) is 27.7. The summed E-state index contributed by atoms with van der Waals surface area (Å²) in [4.78, 5) is 39.4. The zero-order valence-electron chi connectivity index (χ0n) is 13.3. The summed E-state index contributed by atoms with van der Waals surface area (Å²) in [6.45, 7) is 0. The number of fused-ring (bicyclic) bond motifs is 1. The maximum absolute atomic E-state index is 12.4. The summed E-state index contributed by atoms with van der Waals surface area (Å²) >= 11 is 0. The first-order valence-corrected chi connectivity index (χ1v) is 7.28. The van der Waals surface area contributed by atoms with Gasteiger partial charge in [0.05, 0.1) is 6.33 Å². The molecule has 3 rings (SSSR count). The highest BCUT2D eigenvalue weighted by Gasteiger charge is 2.48. The fourth-order valence-electron chi connectivity index (χ4n) is 2.90. The number of imidazole rings is 1. The van der Waals surface area contributed by atoms with Crippen molar-refractivity contribution in [1.29, 1.82) is 0 Å². The van der Waals surface area contributed by atoms with Crippen LogP contribution in [0.4, 0.5) is 0 Å². The third-order valence-electron chi connectivity index (χ3n) is 4.33. The van der Waals surface area contributed by atoms with Crippen LogP contribution >= 0.6 is 0 Å². The fraction of sp³-hybridized carbons (Fsp3) is 0.538. The van der Waals surface area contributed by atoms with Gasteiger partial charge in [-0.25, -0.2) is 9.78 Å². The second-order valence-electron chi connectivity index (χ2n) is 5.85. The minimum atomic E-state index is -1.85. The van der Waals surface area contributed by atoms with E-state index in [1.165, 1.54) is 14.1 Å². The second-order valence-corrected chi connectivity index (χ2v) is 5.85. The van der Waals surface area contributed by atoms with Gasteiger partial charge in [0.25, 0.3) is 5.56 Å². The molecule has 1 aliphatic heterocycles. The van der Waals surface area contributed by atoms with E-state index < -0.39 is 47.8 Å². The van der Waals surface area contributed by atoms with E-state index >= 15 is 0 Å². The monoisotopic (exact) mass is 355 g/mol. The van der Waals surface area contributed by atoms with Crippen LogP contribution in [0.25, 0.3) is 11.2 Å². The van der Waals surface area contributed by atoms with Crippen molar-refractivity contribution in [2.45, 2.75) is 30.6 Å². The molecule has 0 radical (unpaired) electrons. The minimum Gasteiger partial charge on any atom is -0.387 e. The van der Waals surface area contributed by atoms with Gasteiger partial charge in [-0.05, 0) is 0 Å². The molecule has 1 fully saturated rings. The molecule has 1 amide bonds. The lowest BCUT2D eigenvalue weighted by Crippen LogP contribution is -2.45. The number of primary amides is 1. The van der Waals surface area contributed by atoms with E-state index in [1.54, 1.807) is 0 Å². The SMILES string of the molecule is Cn1c(=O)c2c(ncn2[C@H]2O[C@@H]([C@H](O)C(N)=O)[C@@H](O)[C@@H]2O)n(C)c1=O. The molecule has 5 atom stereocenters. The summed E-state index contributed by atoms with van der Waals surface area (Å²) in [7, 11) is 2.70. The average Bonchev–Trinajstić information content (AvgIpc) is 3.13. The summed E-state index contributed by atoms with van der Waals surface area (Å²) in [6.07, 6.45) is -6.68. The zero-order chi connectivity index (χ0) is 18.6. The molecular weight excluding hydrogens is 338 g/mol. The Morgan fingerprint density at radius 2 is 1.92 bits per heavy atom. The van der Waals surface area contributed by atoms with Crippen LogP contribution in [0.1, 0.15) is 6.23 Å². The predicted octanol–water partition coefficient (Wildman–Crippen LogP) is -4.10. The Hall–Kier alpha value is -2.54. The van der Waals surface area contributed by atoms with Crippen molar-refractivity contribution < 1.29 is 24.9 Å². The van der Waals surface area contributed by atoms with E-state index in [1.807, 2.05) is 0 Å². The van der Waals surface area contributed by atoms with Crippen LogP contribution in [-0.2, 0) is 23.6 Å². The van der Waals surface area contributed by atoms with Gasteiger partial charge >= 0.3 is 5.69 Å².